The summed E-state index contributed by atoms with van der Waals surface area (Å²) in [6, 6.07) is 12.6. The highest BCUT2D eigenvalue weighted by atomic mass is 35.5. The number of pyridine rings is 1. The first-order valence-electron chi connectivity index (χ1n) is 11.5. The molecule has 2 N–H and O–H groups in total. The lowest BCUT2D eigenvalue weighted by atomic mass is 10.1. The second kappa shape index (κ2) is 11.2. The number of halogens is 2. The van der Waals surface area contributed by atoms with Gasteiger partial charge in [0.2, 0.25) is 0 Å². The van der Waals surface area contributed by atoms with Gasteiger partial charge >= 0.3 is 0 Å². The highest BCUT2D eigenvalue weighted by Gasteiger charge is 2.21. The molecular formula is C26H28Cl2N6O3. The molecular weight excluding hydrogens is 515 g/mol. The summed E-state index contributed by atoms with van der Waals surface area (Å²) in [6.07, 6.45) is 0. The van der Waals surface area contributed by atoms with Gasteiger partial charge in [0.05, 0.1) is 35.3 Å². The number of amides is 1. The van der Waals surface area contributed by atoms with Crippen LogP contribution in [0.5, 0.6) is 11.5 Å². The van der Waals surface area contributed by atoms with Crippen molar-refractivity contribution in [2.45, 2.75) is 0 Å². The molecule has 2 aromatic carbocycles. The van der Waals surface area contributed by atoms with Crippen molar-refractivity contribution in [2.24, 2.45) is 0 Å². The number of aromatic nitrogens is 3. The molecule has 4 aromatic rings. The largest absolute Gasteiger partial charge is 0.495 e. The Morgan fingerprint density at radius 1 is 0.973 bits per heavy atom. The van der Waals surface area contributed by atoms with Crippen molar-refractivity contribution in [1.29, 1.82) is 0 Å². The van der Waals surface area contributed by atoms with E-state index in [0.29, 0.717) is 55.2 Å². The maximum Gasteiger partial charge on any atom is 0.256 e. The van der Waals surface area contributed by atoms with E-state index in [1.54, 1.807) is 30.3 Å². The Kier molecular flexibility index (Phi) is 8.06. The molecule has 0 atom stereocenters. The van der Waals surface area contributed by atoms with Gasteiger partial charge in [-0.25, -0.2) is 4.98 Å². The molecule has 2 aromatic heterocycles. The van der Waals surface area contributed by atoms with Crippen molar-refractivity contribution in [3.63, 3.8) is 0 Å². The topological polar surface area (TPSA) is 95.6 Å². The maximum atomic E-state index is 12.9. The molecule has 0 spiro atoms. The zero-order chi connectivity index (χ0) is 26.7. The number of carbonyl (C=O) groups is 1. The third-order valence-corrected chi connectivity index (χ3v) is 6.69. The van der Waals surface area contributed by atoms with E-state index in [1.807, 2.05) is 33.3 Å². The van der Waals surface area contributed by atoms with Crippen molar-refractivity contribution in [3.8, 4) is 22.8 Å². The van der Waals surface area contributed by atoms with E-state index in [2.05, 4.69) is 30.3 Å². The summed E-state index contributed by atoms with van der Waals surface area (Å²) in [4.78, 5) is 21.8. The van der Waals surface area contributed by atoms with Gasteiger partial charge in [-0.15, -0.1) is 0 Å². The maximum absolute atomic E-state index is 12.9. The van der Waals surface area contributed by atoms with E-state index in [-0.39, 0.29) is 5.91 Å². The Hall–Kier alpha value is -3.53. The minimum atomic E-state index is -0.274. The SMILES string of the molecule is COc1cc(OC)c(Cl)c(-c2ccc3c(NC(=O)c4ccc(N(C)CCN(C)C)cc4)n[nH]c3n2)c1Cl. The van der Waals surface area contributed by atoms with E-state index < -0.39 is 0 Å². The normalized spacial score (nSPS) is 11.1. The van der Waals surface area contributed by atoms with Gasteiger partial charge in [0.25, 0.3) is 5.91 Å². The quantitative estimate of drug-likeness (QED) is 0.300. The van der Waals surface area contributed by atoms with Crippen LogP contribution >= 0.6 is 23.2 Å². The Morgan fingerprint density at radius 2 is 1.62 bits per heavy atom. The molecule has 0 fully saturated rings. The first kappa shape index (κ1) is 26.5. The number of likely N-dealkylation sites (N-methyl/N-ethyl adjacent to an activating group) is 2. The van der Waals surface area contributed by atoms with Crippen LogP contribution in [0.3, 0.4) is 0 Å². The number of carbonyl (C=O) groups excluding carboxylic acids is 1. The van der Waals surface area contributed by atoms with Crippen LogP contribution in [0.2, 0.25) is 10.0 Å². The summed E-state index contributed by atoms with van der Waals surface area (Å²) in [5.41, 5.74) is 2.98. The number of aromatic amines is 1. The molecule has 37 heavy (non-hydrogen) atoms. The molecule has 0 bridgehead atoms. The average molecular weight is 543 g/mol. The number of benzene rings is 2. The lowest BCUT2D eigenvalue weighted by Gasteiger charge is -2.21. The van der Waals surface area contributed by atoms with Crippen molar-refractivity contribution in [1.82, 2.24) is 20.1 Å². The fourth-order valence-corrected chi connectivity index (χ4v) is 4.47. The first-order chi connectivity index (χ1) is 17.7. The molecule has 11 heteroatoms. The van der Waals surface area contributed by atoms with Gasteiger partial charge < -0.3 is 24.6 Å². The number of nitrogens with zero attached hydrogens (tertiary/aromatic N) is 4. The Balaban J connectivity index is 1.56. The number of hydrogen-bond donors (Lipinski definition) is 2. The number of anilines is 2. The summed E-state index contributed by atoms with van der Waals surface area (Å²) in [7, 11) is 9.12. The average Bonchev–Trinajstić information content (AvgIpc) is 3.29. The fraction of sp³-hybridized carbons (Fsp3) is 0.269. The predicted molar refractivity (Wildman–Crippen MR) is 149 cm³/mol. The van der Waals surface area contributed by atoms with Gasteiger partial charge in [-0.05, 0) is 50.5 Å². The van der Waals surface area contributed by atoms with Crippen LogP contribution in [0.25, 0.3) is 22.3 Å². The second-order valence-electron chi connectivity index (χ2n) is 8.67. The van der Waals surface area contributed by atoms with Gasteiger partial charge in [0.15, 0.2) is 11.5 Å². The standard InChI is InChI=1S/C26H28Cl2N6O3/c1-33(2)12-13-34(3)16-8-6-15(7-9-16)26(35)30-25-17-10-11-18(29-24(17)31-32-25)21-22(27)19(36-4)14-20(37-5)23(21)28/h6-11,14H,12-13H2,1-5H3,(H2,29,30,31,32,35). The molecule has 4 rings (SSSR count). The third-order valence-electron chi connectivity index (χ3n) is 5.94. The number of hydrogen-bond acceptors (Lipinski definition) is 7. The van der Waals surface area contributed by atoms with Gasteiger partial charge in [-0.1, -0.05) is 23.2 Å². The van der Waals surface area contributed by atoms with Crippen LogP contribution in [0.4, 0.5) is 11.5 Å². The van der Waals surface area contributed by atoms with E-state index >= 15 is 0 Å². The van der Waals surface area contributed by atoms with E-state index in [1.165, 1.54) is 14.2 Å². The Labute approximate surface area is 225 Å². The van der Waals surface area contributed by atoms with Crippen LogP contribution in [-0.4, -0.2) is 74.4 Å². The number of nitrogens with one attached hydrogen (secondary N) is 2. The number of H-pyrrole nitrogens is 1. The van der Waals surface area contributed by atoms with Crippen molar-refractivity contribution in [3.05, 3.63) is 58.1 Å². The summed E-state index contributed by atoms with van der Waals surface area (Å²) in [6.45, 7) is 1.82. The van der Waals surface area contributed by atoms with E-state index in [0.717, 1.165) is 18.8 Å². The summed E-state index contributed by atoms with van der Waals surface area (Å²) < 4.78 is 10.7. The molecule has 9 nitrogen and oxygen atoms in total. The number of rotatable bonds is 9. The van der Waals surface area contributed by atoms with Gasteiger partial charge in [0.1, 0.15) is 11.5 Å². The van der Waals surface area contributed by atoms with Crippen LogP contribution in [0.1, 0.15) is 10.4 Å². The summed E-state index contributed by atoms with van der Waals surface area (Å²) in [5, 5.41) is 11.2. The minimum absolute atomic E-state index is 0.274. The minimum Gasteiger partial charge on any atom is -0.495 e. The molecule has 0 radical (unpaired) electrons. The van der Waals surface area contributed by atoms with Gasteiger partial charge in [-0.3, -0.25) is 9.89 Å². The lowest BCUT2D eigenvalue weighted by molar-refractivity contribution is 0.102. The molecule has 0 aliphatic rings. The lowest BCUT2D eigenvalue weighted by Crippen LogP contribution is -2.28. The van der Waals surface area contributed by atoms with E-state index in [9.17, 15) is 4.79 Å². The predicted octanol–water partition coefficient (Wildman–Crippen LogP) is 5.20. The highest BCUT2D eigenvalue weighted by Crippen LogP contribution is 2.45. The first-order valence-corrected chi connectivity index (χ1v) is 12.2. The molecule has 0 unspecified atom stereocenters. The molecule has 0 aliphatic carbocycles. The zero-order valence-corrected chi connectivity index (χ0v) is 22.7. The smallest absolute Gasteiger partial charge is 0.256 e. The Morgan fingerprint density at radius 3 is 2.22 bits per heavy atom. The van der Waals surface area contributed by atoms with Crippen molar-refractivity contribution >= 4 is 51.6 Å². The molecule has 0 aliphatic heterocycles. The van der Waals surface area contributed by atoms with Crippen molar-refractivity contribution in [2.75, 3.05) is 58.7 Å². The number of ether oxygens (including phenoxy) is 2. The fourth-order valence-electron chi connectivity index (χ4n) is 3.78. The van der Waals surface area contributed by atoms with Gasteiger partial charge in [0, 0.05) is 43.0 Å². The Bertz CT molecular complexity index is 1390. The van der Waals surface area contributed by atoms with Gasteiger partial charge in [-0.2, -0.15) is 5.10 Å². The van der Waals surface area contributed by atoms with Crippen molar-refractivity contribution < 1.29 is 14.3 Å². The van der Waals surface area contributed by atoms with E-state index in [4.69, 9.17) is 32.7 Å². The van der Waals surface area contributed by atoms with Crippen LogP contribution in [-0.2, 0) is 0 Å². The monoisotopic (exact) mass is 542 g/mol. The summed E-state index contributed by atoms with van der Waals surface area (Å²) >= 11 is 13.1. The second-order valence-corrected chi connectivity index (χ2v) is 9.43. The van der Waals surface area contributed by atoms with Crippen LogP contribution in [0, 0.1) is 0 Å². The highest BCUT2D eigenvalue weighted by molar-refractivity contribution is 6.41. The number of fused-ring (bicyclic) bond motifs is 1. The molecule has 0 saturated carbocycles. The molecule has 1 amide bonds. The molecule has 0 saturated heterocycles. The third kappa shape index (κ3) is 5.58. The molecule has 194 valence electrons. The zero-order valence-electron chi connectivity index (χ0n) is 21.2. The van der Waals surface area contributed by atoms with Crippen LogP contribution in [0.15, 0.2) is 42.5 Å². The van der Waals surface area contributed by atoms with Crippen LogP contribution < -0.4 is 19.7 Å². The number of methoxy groups -OCH3 is 2. The summed E-state index contributed by atoms with van der Waals surface area (Å²) in [5.74, 6) is 0.912. The molecule has 2 heterocycles.